The number of esters is 1. The zero-order valence-electron chi connectivity index (χ0n) is 14.5. The Kier molecular flexibility index (Phi) is 5.39. The highest BCUT2D eigenvalue weighted by Gasteiger charge is 2.19. The fraction of sp³-hybridized carbons (Fsp3) is 0.389. The van der Waals surface area contributed by atoms with Crippen molar-refractivity contribution in [3.05, 3.63) is 34.3 Å². The van der Waals surface area contributed by atoms with Crippen molar-refractivity contribution in [2.24, 2.45) is 0 Å². The molecule has 5 nitrogen and oxygen atoms in total. The number of carbonyl (C=O) groups is 2. The Bertz CT molecular complexity index is 759. The number of aryl methyl sites for hydroxylation is 1. The first kappa shape index (κ1) is 18.1. The molecule has 0 N–H and O–H groups in total. The lowest BCUT2D eigenvalue weighted by molar-refractivity contribution is 0.0531. The molecule has 0 aliphatic rings. The number of aromatic nitrogens is 1. The molecule has 1 heterocycles. The summed E-state index contributed by atoms with van der Waals surface area (Å²) < 4.78 is 10.8. The summed E-state index contributed by atoms with van der Waals surface area (Å²) in [5, 5.41) is 0.668. The predicted octanol–water partition coefficient (Wildman–Crippen LogP) is 4.29. The number of nitrogens with zero attached hydrogens (tertiary/aromatic N) is 1. The van der Waals surface area contributed by atoms with Gasteiger partial charge in [0.05, 0.1) is 17.9 Å². The molecule has 2 aromatic rings. The van der Waals surface area contributed by atoms with Gasteiger partial charge in [-0.25, -0.2) is 9.78 Å². The zero-order chi connectivity index (χ0) is 17.9. The van der Waals surface area contributed by atoms with Gasteiger partial charge in [-0.3, -0.25) is 4.79 Å². The standard InChI is InChI=1S/C18H21NO4S/c1-6-22-17(21)15-11(2)19-16(24-15)12-7-8-14(13(9-12)10-20)23-18(3,4)5/h7-10H,6H2,1-5H3. The Morgan fingerprint density at radius 3 is 2.62 bits per heavy atom. The summed E-state index contributed by atoms with van der Waals surface area (Å²) in [6, 6.07) is 5.31. The molecule has 0 saturated heterocycles. The maximum Gasteiger partial charge on any atom is 0.350 e. The van der Waals surface area contributed by atoms with Gasteiger partial charge in [0.15, 0.2) is 6.29 Å². The number of rotatable bonds is 5. The van der Waals surface area contributed by atoms with Crippen LogP contribution in [0.5, 0.6) is 5.75 Å². The molecule has 0 aliphatic carbocycles. The highest BCUT2D eigenvalue weighted by atomic mass is 32.1. The second kappa shape index (κ2) is 7.13. The highest BCUT2D eigenvalue weighted by molar-refractivity contribution is 7.17. The summed E-state index contributed by atoms with van der Waals surface area (Å²) in [7, 11) is 0. The molecule has 0 bridgehead atoms. The third-order valence-corrected chi connectivity index (χ3v) is 4.24. The van der Waals surface area contributed by atoms with Crippen LogP contribution in [-0.2, 0) is 4.74 Å². The largest absolute Gasteiger partial charge is 0.487 e. The van der Waals surface area contributed by atoms with Gasteiger partial charge in [0.25, 0.3) is 0 Å². The Morgan fingerprint density at radius 2 is 2.04 bits per heavy atom. The third kappa shape index (κ3) is 4.20. The summed E-state index contributed by atoms with van der Waals surface area (Å²) in [5.74, 6) is 0.155. The first-order valence-corrected chi connectivity index (χ1v) is 8.50. The molecule has 0 spiro atoms. The van der Waals surface area contributed by atoms with Gasteiger partial charge in [0.1, 0.15) is 21.2 Å². The molecule has 0 radical (unpaired) electrons. The number of benzene rings is 1. The first-order chi connectivity index (χ1) is 11.2. The SMILES string of the molecule is CCOC(=O)c1sc(-c2ccc(OC(C)(C)C)c(C=O)c2)nc1C. The van der Waals surface area contributed by atoms with E-state index in [1.807, 2.05) is 26.8 Å². The van der Waals surface area contributed by atoms with Crippen molar-refractivity contribution in [2.45, 2.75) is 40.2 Å². The second-order valence-electron chi connectivity index (χ2n) is 6.24. The Labute approximate surface area is 145 Å². The number of hydrogen-bond donors (Lipinski definition) is 0. The lowest BCUT2D eigenvalue weighted by Crippen LogP contribution is -2.23. The average Bonchev–Trinajstić information content (AvgIpc) is 2.88. The van der Waals surface area contributed by atoms with E-state index >= 15 is 0 Å². The lowest BCUT2D eigenvalue weighted by atomic mass is 10.1. The molecule has 0 saturated carbocycles. The quantitative estimate of drug-likeness (QED) is 0.596. The van der Waals surface area contributed by atoms with Crippen LogP contribution in [0.4, 0.5) is 0 Å². The van der Waals surface area contributed by atoms with Crippen LogP contribution in [0.15, 0.2) is 18.2 Å². The van der Waals surface area contributed by atoms with E-state index in [0.29, 0.717) is 33.5 Å². The fourth-order valence-electron chi connectivity index (χ4n) is 2.10. The number of aldehydes is 1. The Morgan fingerprint density at radius 1 is 1.33 bits per heavy atom. The second-order valence-corrected chi connectivity index (χ2v) is 7.24. The monoisotopic (exact) mass is 347 g/mol. The van der Waals surface area contributed by atoms with Gasteiger partial charge in [0.2, 0.25) is 0 Å². The van der Waals surface area contributed by atoms with E-state index in [-0.39, 0.29) is 5.97 Å². The van der Waals surface area contributed by atoms with Gasteiger partial charge >= 0.3 is 5.97 Å². The van der Waals surface area contributed by atoms with Gasteiger partial charge in [0, 0.05) is 5.56 Å². The lowest BCUT2D eigenvalue weighted by Gasteiger charge is -2.22. The molecule has 6 heteroatoms. The molecule has 0 aliphatic heterocycles. The van der Waals surface area contributed by atoms with Crippen LogP contribution in [0, 0.1) is 6.92 Å². The van der Waals surface area contributed by atoms with Crippen LogP contribution in [0.1, 0.15) is 53.4 Å². The van der Waals surface area contributed by atoms with Gasteiger partial charge in [-0.1, -0.05) is 0 Å². The van der Waals surface area contributed by atoms with Crippen LogP contribution < -0.4 is 4.74 Å². The molecule has 2 rings (SSSR count). The summed E-state index contributed by atoms with van der Waals surface area (Å²) in [6.45, 7) is 9.62. The Balaban J connectivity index is 2.38. The summed E-state index contributed by atoms with van der Waals surface area (Å²) >= 11 is 1.26. The van der Waals surface area contributed by atoms with Crippen LogP contribution in [0.25, 0.3) is 10.6 Å². The van der Waals surface area contributed by atoms with E-state index in [1.54, 1.807) is 26.0 Å². The van der Waals surface area contributed by atoms with Gasteiger partial charge in [-0.15, -0.1) is 11.3 Å². The van der Waals surface area contributed by atoms with Crippen molar-refractivity contribution in [1.82, 2.24) is 4.98 Å². The smallest absolute Gasteiger partial charge is 0.350 e. The minimum Gasteiger partial charge on any atom is -0.487 e. The van der Waals surface area contributed by atoms with Crippen molar-refractivity contribution in [3.63, 3.8) is 0 Å². The fourth-order valence-corrected chi connectivity index (χ4v) is 3.06. The molecular formula is C18H21NO4S. The van der Waals surface area contributed by atoms with Gasteiger partial charge < -0.3 is 9.47 Å². The van der Waals surface area contributed by atoms with Gasteiger partial charge in [-0.05, 0) is 52.8 Å². The average molecular weight is 347 g/mol. The molecule has 0 amide bonds. The number of carbonyl (C=O) groups excluding carboxylic acids is 2. The van der Waals surface area contributed by atoms with Crippen molar-refractivity contribution in [1.29, 1.82) is 0 Å². The van der Waals surface area contributed by atoms with Crippen LogP contribution >= 0.6 is 11.3 Å². The number of ether oxygens (including phenoxy) is 2. The molecule has 0 unspecified atom stereocenters. The molecule has 128 valence electrons. The highest BCUT2D eigenvalue weighted by Crippen LogP contribution is 2.32. The normalized spacial score (nSPS) is 11.2. The minimum absolute atomic E-state index is 0.319. The van der Waals surface area contributed by atoms with E-state index < -0.39 is 5.60 Å². The predicted molar refractivity (Wildman–Crippen MR) is 94.0 cm³/mol. The number of thiazole rings is 1. The third-order valence-electron chi connectivity index (χ3n) is 3.06. The van der Waals surface area contributed by atoms with Crippen molar-refractivity contribution < 1.29 is 19.1 Å². The summed E-state index contributed by atoms with van der Waals surface area (Å²) in [4.78, 5) is 28.2. The summed E-state index contributed by atoms with van der Waals surface area (Å²) in [5.41, 5.74) is 1.44. The minimum atomic E-state index is -0.395. The number of hydrogen-bond acceptors (Lipinski definition) is 6. The van der Waals surface area contributed by atoms with Crippen molar-refractivity contribution in [2.75, 3.05) is 6.61 Å². The van der Waals surface area contributed by atoms with E-state index in [4.69, 9.17) is 9.47 Å². The summed E-state index contributed by atoms with van der Waals surface area (Å²) in [6.07, 6.45) is 0.761. The molecule has 0 atom stereocenters. The molecule has 0 fully saturated rings. The van der Waals surface area contributed by atoms with E-state index in [9.17, 15) is 9.59 Å². The van der Waals surface area contributed by atoms with Crippen LogP contribution in [-0.4, -0.2) is 29.4 Å². The van der Waals surface area contributed by atoms with Crippen LogP contribution in [0.3, 0.4) is 0 Å². The maximum atomic E-state index is 11.9. The molecule has 24 heavy (non-hydrogen) atoms. The van der Waals surface area contributed by atoms with E-state index in [1.165, 1.54) is 11.3 Å². The molecular weight excluding hydrogens is 326 g/mol. The zero-order valence-corrected chi connectivity index (χ0v) is 15.3. The Hall–Kier alpha value is -2.21. The molecule has 1 aromatic carbocycles. The van der Waals surface area contributed by atoms with E-state index in [0.717, 1.165) is 11.8 Å². The first-order valence-electron chi connectivity index (χ1n) is 7.68. The van der Waals surface area contributed by atoms with Crippen molar-refractivity contribution >= 4 is 23.6 Å². The van der Waals surface area contributed by atoms with Crippen LogP contribution in [0.2, 0.25) is 0 Å². The van der Waals surface area contributed by atoms with E-state index in [2.05, 4.69) is 4.98 Å². The topological polar surface area (TPSA) is 65.5 Å². The van der Waals surface area contributed by atoms with Gasteiger partial charge in [-0.2, -0.15) is 0 Å². The molecule has 1 aromatic heterocycles. The van der Waals surface area contributed by atoms with Crippen molar-refractivity contribution in [3.8, 4) is 16.3 Å². The maximum absolute atomic E-state index is 11.9.